The van der Waals surface area contributed by atoms with E-state index in [1.807, 2.05) is 0 Å². The molecule has 0 spiro atoms. The molecule has 0 atom stereocenters. The van der Waals surface area contributed by atoms with Crippen molar-refractivity contribution in [1.29, 1.82) is 0 Å². The highest BCUT2D eigenvalue weighted by molar-refractivity contribution is 5.67. The van der Waals surface area contributed by atoms with Crippen LogP contribution in [-0.2, 0) is 4.79 Å². The number of hydrogen-bond donors (Lipinski definition) is 3. The maximum Gasteiger partial charge on any atom is 0.306 e. The third-order valence-electron chi connectivity index (χ3n) is 0.410. The molecule has 4 heteroatoms. The summed E-state index contributed by atoms with van der Waals surface area (Å²) in [5, 5.41) is 7.92. The number of hydrogen-bond acceptors (Lipinski definition) is 3. The van der Waals surface area contributed by atoms with Crippen molar-refractivity contribution in [2.24, 2.45) is 11.5 Å². The molecular formula is C3H8N2O2. The van der Waals surface area contributed by atoms with E-state index in [0.717, 1.165) is 0 Å². The van der Waals surface area contributed by atoms with Gasteiger partial charge in [0.05, 0.1) is 12.6 Å². The van der Waals surface area contributed by atoms with Crippen LogP contribution in [0.4, 0.5) is 0 Å². The summed E-state index contributed by atoms with van der Waals surface area (Å²) < 4.78 is 0. The Balaban J connectivity index is 3.13. The lowest BCUT2D eigenvalue weighted by Crippen LogP contribution is -2.32. The average Bonchev–Trinajstić information content (AvgIpc) is 1.27. The second kappa shape index (κ2) is 2.54. The molecule has 0 rings (SSSR count). The van der Waals surface area contributed by atoms with Crippen LogP contribution in [0.5, 0.6) is 0 Å². The monoisotopic (exact) mass is 104 g/mol. The van der Waals surface area contributed by atoms with Gasteiger partial charge in [0.1, 0.15) is 0 Å². The fraction of sp³-hybridized carbons (Fsp3) is 0.667. The van der Waals surface area contributed by atoms with Crippen molar-refractivity contribution in [3.05, 3.63) is 0 Å². The first-order valence-electron chi connectivity index (χ1n) is 1.86. The topological polar surface area (TPSA) is 89.3 Å². The third kappa shape index (κ3) is 5.39. The summed E-state index contributed by atoms with van der Waals surface area (Å²) in [6, 6.07) is 0. The van der Waals surface area contributed by atoms with Gasteiger partial charge in [-0.15, -0.1) is 0 Å². The predicted octanol–water partition coefficient (Wildman–Crippen LogP) is -1.30. The van der Waals surface area contributed by atoms with Crippen molar-refractivity contribution >= 4 is 5.97 Å². The number of carboxylic acids is 1. The Morgan fingerprint density at radius 1 is 1.71 bits per heavy atom. The highest BCUT2D eigenvalue weighted by Gasteiger charge is 1.98. The van der Waals surface area contributed by atoms with Gasteiger partial charge in [-0.2, -0.15) is 0 Å². The van der Waals surface area contributed by atoms with Gasteiger partial charge in [0.25, 0.3) is 0 Å². The lowest BCUT2D eigenvalue weighted by molar-refractivity contribution is -0.137. The van der Waals surface area contributed by atoms with Crippen LogP contribution in [0.1, 0.15) is 6.42 Å². The van der Waals surface area contributed by atoms with Crippen LogP contribution >= 0.6 is 0 Å². The first-order chi connectivity index (χ1) is 3.13. The summed E-state index contributed by atoms with van der Waals surface area (Å²) in [6.45, 7) is 0. The molecule has 0 aromatic heterocycles. The molecular weight excluding hydrogens is 96.0 g/mol. The lowest BCUT2D eigenvalue weighted by atomic mass is 10.4. The summed E-state index contributed by atoms with van der Waals surface area (Å²) >= 11 is 0. The molecule has 4 nitrogen and oxygen atoms in total. The van der Waals surface area contributed by atoms with Gasteiger partial charge in [-0.05, 0) is 0 Å². The second-order valence-electron chi connectivity index (χ2n) is 1.26. The number of aliphatic carboxylic acids is 1. The normalized spacial score (nSPS) is 9.57. The van der Waals surface area contributed by atoms with E-state index in [4.69, 9.17) is 16.6 Å². The molecule has 7 heavy (non-hydrogen) atoms. The Bertz CT molecular complexity index is 71.3. The molecule has 0 aliphatic rings. The highest BCUT2D eigenvalue weighted by atomic mass is 16.4. The quantitative estimate of drug-likeness (QED) is 0.380. The fourth-order valence-electron chi connectivity index (χ4n) is 0.202. The van der Waals surface area contributed by atoms with Gasteiger partial charge >= 0.3 is 5.97 Å². The van der Waals surface area contributed by atoms with Crippen molar-refractivity contribution in [2.45, 2.75) is 12.6 Å². The fourth-order valence-corrected chi connectivity index (χ4v) is 0.202. The zero-order valence-corrected chi connectivity index (χ0v) is 3.79. The van der Waals surface area contributed by atoms with E-state index >= 15 is 0 Å². The van der Waals surface area contributed by atoms with E-state index in [1.54, 1.807) is 0 Å². The van der Waals surface area contributed by atoms with Gasteiger partial charge in [-0.1, -0.05) is 0 Å². The molecule has 0 fully saturated rings. The third-order valence-corrected chi connectivity index (χ3v) is 0.410. The Labute approximate surface area is 41.1 Å². The van der Waals surface area contributed by atoms with Crippen LogP contribution in [0, 0.1) is 0 Å². The summed E-state index contributed by atoms with van der Waals surface area (Å²) in [4.78, 5) is 9.65. The Kier molecular flexibility index (Phi) is 2.32. The number of carbonyl (C=O) groups is 1. The smallest absolute Gasteiger partial charge is 0.306 e. The standard InChI is InChI=1S/C3H8N2O2/c4-2(5)1-3(6)7/h2H,1,4-5H2,(H,6,7). The molecule has 0 bridgehead atoms. The highest BCUT2D eigenvalue weighted by Crippen LogP contribution is 1.75. The van der Waals surface area contributed by atoms with Gasteiger partial charge in [0, 0.05) is 0 Å². The van der Waals surface area contributed by atoms with Gasteiger partial charge < -0.3 is 16.6 Å². The van der Waals surface area contributed by atoms with E-state index in [-0.39, 0.29) is 6.42 Å². The lowest BCUT2D eigenvalue weighted by Gasteiger charge is -1.95. The summed E-state index contributed by atoms with van der Waals surface area (Å²) in [7, 11) is 0. The first kappa shape index (κ1) is 6.39. The molecule has 0 unspecified atom stereocenters. The molecule has 0 aliphatic carbocycles. The SMILES string of the molecule is NC(N)CC(=O)O. The summed E-state index contributed by atoms with van der Waals surface area (Å²) in [5.74, 6) is -0.963. The maximum atomic E-state index is 9.65. The first-order valence-corrected chi connectivity index (χ1v) is 1.86. The van der Waals surface area contributed by atoms with Gasteiger partial charge in [0.15, 0.2) is 0 Å². The molecule has 5 N–H and O–H groups in total. The van der Waals surface area contributed by atoms with Crippen LogP contribution in [0.2, 0.25) is 0 Å². The number of rotatable bonds is 2. The van der Waals surface area contributed by atoms with E-state index < -0.39 is 12.1 Å². The minimum Gasteiger partial charge on any atom is -0.481 e. The minimum atomic E-state index is -0.963. The Morgan fingerprint density at radius 2 is 2.14 bits per heavy atom. The molecule has 0 saturated carbocycles. The van der Waals surface area contributed by atoms with Crippen molar-refractivity contribution in [1.82, 2.24) is 0 Å². The molecule has 0 aromatic rings. The Morgan fingerprint density at radius 3 is 2.14 bits per heavy atom. The van der Waals surface area contributed by atoms with E-state index in [1.165, 1.54) is 0 Å². The summed E-state index contributed by atoms with van der Waals surface area (Å²) in [6.07, 6.45) is -0.891. The van der Waals surface area contributed by atoms with Crippen LogP contribution in [0.15, 0.2) is 0 Å². The molecule has 0 saturated heterocycles. The summed E-state index contributed by atoms with van der Waals surface area (Å²) in [5.41, 5.74) is 9.78. The predicted molar refractivity (Wildman–Crippen MR) is 24.4 cm³/mol. The molecule has 42 valence electrons. The van der Waals surface area contributed by atoms with E-state index in [2.05, 4.69) is 0 Å². The zero-order chi connectivity index (χ0) is 5.86. The van der Waals surface area contributed by atoms with Gasteiger partial charge in [0.2, 0.25) is 0 Å². The maximum absolute atomic E-state index is 9.65. The van der Waals surface area contributed by atoms with Gasteiger partial charge in [-0.3, -0.25) is 4.79 Å². The van der Waals surface area contributed by atoms with Crippen molar-refractivity contribution in [3.63, 3.8) is 0 Å². The number of carboxylic acid groups (broad SMARTS) is 1. The van der Waals surface area contributed by atoms with Crippen LogP contribution in [0.3, 0.4) is 0 Å². The molecule has 0 amide bonds. The van der Waals surface area contributed by atoms with Crippen molar-refractivity contribution in [2.75, 3.05) is 0 Å². The van der Waals surface area contributed by atoms with Crippen molar-refractivity contribution < 1.29 is 9.90 Å². The van der Waals surface area contributed by atoms with E-state index in [0.29, 0.717) is 0 Å². The zero-order valence-electron chi connectivity index (χ0n) is 3.79. The largest absolute Gasteiger partial charge is 0.481 e. The van der Waals surface area contributed by atoms with Crippen LogP contribution in [0.25, 0.3) is 0 Å². The second-order valence-corrected chi connectivity index (χ2v) is 1.26. The molecule has 0 aromatic carbocycles. The Hall–Kier alpha value is -0.610. The average molecular weight is 104 g/mol. The molecule has 0 aliphatic heterocycles. The molecule has 0 heterocycles. The number of nitrogens with two attached hydrogens (primary N) is 2. The van der Waals surface area contributed by atoms with Crippen LogP contribution < -0.4 is 11.5 Å². The van der Waals surface area contributed by atoms with Crippen LogP contribution in [-0.4, -0.2) is 17.2 Å². The molecule has 0 radical (unpaired) electrons. The van der Waals surface area contributed by atoms with Gasteiger partial charge in [-0.25, -0.2) is 0 Å². The minimum absolute atomic E-state index is 0.167. The van der Waals surface area contributed by atoms with E-state index in [9.17, 15) is 4.79 Å². The van der Waals surface area contributed by atoms with Crippen molar-refractivity contribution in [3.8, 4) is 0 Å².